The highest BCUT2D eigenvalue weighted by Crippen LogP contribution is 2.34. The molecule has 0 unspecified atom stereocenters. The Morgan fingerprint density at radius 2 is 1.41 bits per heavy atom. The second kappa shape index (κ2) is 11.3. The van der Waals surface area contributed by atoms with Gasteiger partial charge in [-0.05, 0) is 18.2 Å². The van der Waals surface area contributed by atoms with Crippen molar-refractivity contribution in [1.29, 1.82) is 0 Å². The van der Waals surface area contributed by atoms with Crippen LogP contribution >= 0.6 is 23.2 Å². The van der Waals surface area contributed by atoms with Crippen molar-refractivity contribution in [1.82, 2.24) is 0 Å². The first kappa shape index (κ1) is 25.7. The first-order chi connectivity index (χ1) is 15.0. The lowest BCUT2D eigenvalue weighted by atomic mass is 9.98. The zero-order valence-corrected chi connectivity index (χ0v) is 19.2. The summed E-state index contributed by atoms with van der Waals surface area (Å²) in [7, 11) is 0. The van der Waals surface area contributed by atoms with Crippen LogP contribution in [0.2, 0.25) is 10.0 Å². The van der Waals surface area contributed by atoms with Crippen LogP contribution in [0.4, 0.5) is 0 Å². The Kier molecular flexibility index (Phi) is 9.11. The quantitative estimate of drug-likeness (QED) is 0.413. The molecular formula is C20H22Cl2O10. The van der Waals surface area contributed by atoms with Crippen LogP contribution in [0.15, 0.2) is 18.2 Å². The summed E-state index contributed by atoms with van der Waals surface area (Å²) in [6.07, 6.45) is -6.49. The van der Waals surface area contributed by atoms with Gasteiger partial charge in [0.1, 0.15) is 18.5 Å². The fraction of sp³-hybridized carbons (Fsp3) is 0.500. The third-order valence-corrected chi connectivity index (χ3v) is 4.62. The molecule has 0 N–H and O–H groups in total. The van der Waals surface area contributed by atoms with E-state index in [0.717, 1.165) is 20.8 Å². The molecule has 0 radical (unpaired) electrons. The van der Waals surface area contributed by atoms with E-state index in [1.165, 1.54) is 25.1 Å². The van der Waals surface area contributed by atoms with Crippen LogP contribution in [0.3, 0.4) is 0 Å². The normalized spacial score (nSPS) is 24.8. The maximum Gasteiger partial charge on any atom is 0.303 e. The number of carbonyl (C=O) groups is 4. The molecule has 10 nitrogen and oxygen atoms in total. The van der Waals surface area contributed by atoms with Crippen LogP contribution in [0, 0.1) is 0 Å². The molecule has 1 aromatic carbocycles. The molecule has 1 aliphatic heterocycles. The van der Waals surface area contributed by atoms with Crippen molar-refractivity contribution in [3.8, 4) is 5.75 Å². The highest BCUT2D eigenvalue weighted by molar-refractivity contribution is 6.35. The van der Waals surface area contributed by atoms with E-state index in [9.17, 15) is 19.2 Å². The first-order valence-electron chi connectivity index (χ1n) is 9.40. The number of halogens is 2. The molecule has 0 bridgehead atoms. The SMILES string of the molecule is CC(=O)OC[C@@H]1O[C@H](Oc2ccc(Cl)cc2Cl)[C@@H](OC(C)=O)[C@H](OC(C)=O)[C@@H]1OC(C)=O. The summed E-state index contributed by atoms with van der Waals surface area (Å²) in [5.74, 6) is -2.73. The third kappa shape index (κ3) is 7.25. The molecule has 1 heterocycles. The van der Waals surface area contributed by atoms with Gasteiger partial charge in [0.25, 0.3) is 0 Å². The fourth-order valence-electron chi connectivity index (χ4n) is 2.98. The van der Waals surface area contributed by atoms with Crippen LogP contribution in [-0.2, 0) is 42.9 Å². The molecule has 12 heteroatoms. The zero-order chi connectivity index (χ0) is 24.0. The van der Waals surface area contributed by atoms with Crippen LogP contribution in [0.25, 0.3) is 0 Å². The van der Waals surface area contributed by atoms with E-state index in [-0.39, 0.29) is 17.4 Å². The molecule has 32 heavy (non-hydrogen) atoms. The summed E-state index contributed by atoms with van der Waals surface area (Å²) in [6.45, 7) is 4.19. The number of ether oxygens (including phenoxy) is 6. The number of esters is 4. The predicted molar refractivity (Wildman–Crippen MR) is 109 cm³/mol. The molecule has 0 spiro atoms. The van der Waals surface area contributed by atoms with Crippen molar-refractivity contribution in [2.24, 2.45) is 0 Å². The molecule has 5 atom stereocenters. The standard InChI is InChI=1S/C20H22Cl2O10/c1-9(23)27-8-16-17(28-10(2)24)18(29-11(3)25)19(30-12(4)26)20(32-16)31-15-6-5-13(21)7-14(15)22/h5-7,16-20H,8H2,1-4H3/t16-,17+,18+,19-,20-/m0/s1. The molecule has 1 aliphatic rings. The summed E-state index contributed by atoms with van der Waals surface area (Å²) >= 11 is 12.1. The van der Waals surface area contributed by atoms with Crippen LogP contribution in [0.5, 0.6) is 5.75 Å². The van der Waals surface area contributed by atoms with Crippen molar-refractivity contribution in [3.63, 3.8) is 0 Å². The van der Waals surface area contributed by atoms with E-state index >= 15 is 0 Å². The maximum atomic E-state index is 11.8. The summed E-state index contributed by atoms with van der Waals surface area (Å²) in [6, 6.07) is 4.39. The number of hydrogen-bond donors (Lipinski definition) is 0. The van der Waals surface area contributed by atoms with Gasteiger partial charge in [0.05, 0.1) is 5.02 Å². The van der Waals surface area contributed by atoms with E-state index in [1.54, 1.807) is 0 Å². The first-order valence-corrected chi connectivity index (χ1v) is 10.2. The Hall–Kier alpha value is -2.56. The highest BCUT2D eigenvalue weighted by Gasteiger charge is 2.53. The van der Waals surface area contributed by atoms with Gasteiger partial charge in [-0.1, -0.05) is 23.2 Å². The van der Waals surface area contributed by atoms with Crippen molar-refractivity contribution >= 4 is 47.1 Å². The number of benzene rings is 1. The van der Waals surface area contributed by atoms with Crippen LogP contribution in [0.1, 0.15) is 27.7 Å². The Bertz CT molecular complexity index is 874. The van der Waals surface area contributed by atoms with Gasteiger partial charge in [-0.25, -0.2) is 0 Å². The molecule has 0 saturated carbocycles. The Morgan fingerprint density at radius 3 is 1.94 bits per heavy atom. The summed E-state index contributed by atoms with van der Waals surface area (Å²) < 4.78 is 32.5. The molecule has 1 fully saturated rings. The second-order valence-corrected chi connectivity index (χ2v) is 7.60. The minimum Gasteiger partial charge on any atom is -0.463 e. The van der Waals surface area contributed by atoms with Gasteiger partial charge < -0.3 is 28.4 Å². The highest BCUT2D eigenvalue weighted by atomic mass is 35.5. The minimum absolute atomic E-state index is 0.122. The van der Waals surface area contributed by atoms with Gasteiger partial charge in [0, 0.05) is 32.7 Å². The van der Waals surface area contributed by atoms with Crippen LogP contribution in [-0.4, -0.2) is 61.2 Å². The number of rotatable bonds is 7. The fourth-order valence-corrected chi connectivity index (χ4v) is 3.43. The summed E-state index contributed by atoms with van der Waals surface area (Å²) in [5.41, 5.74) is 0. The molecule has 1 saturated heterocycles. The lowest BCUT2D eigenvalue weighted by molar-refractivity contribution is -0.288. The van der Waals surface area contributed by atoms with E-state index in [1.807, 2.05) is 0 Å². The molecule has 0 aromatic heterocycles. The van der Waals surface area contributed by atoms with Crippen molar-refractivity contribution in [2.75, 3.05) is 6.61 Å². The summed E-state index contributed by atoms with van der Waals surface area (Å²) in [5, 5.41) is 0.481. The molecule has 2 rings (SSSR count). The van der Waals surface area contributed by atoms with Gasteiger partial charge in [-0.15, -0.1) is 0 Å². The Balaban J connectivity index is 2.47. The largest absolute Gasteiger partial charge is 0.463 e. The van der Waals surface area contributed by atoms with E-state index in [2.05, 4.69) is 0 Å². The van der Waals surface area contributed by atoms with E-state index < -0.39 is 54.6 Å². The smallest absolute Gasteiger partial charge is 0.303 e. The Morgan fingerprint density at radius 1 is 0.844 bits per heavy atom. The predicted octanol–water partition coefficient (Wildman–Crippen LogP) is 2.46. The molecule has 1 aromatic rings. The van der Waals surface area contributed by atoms with Gasteiger partial charge in [-0.2, -0.15) is 0 Å². The monoisotopic (exact) mass is 492 g/mol. The zero-order valence-electron chi connectivity index (χ0n) is 17.7. The molecule has 0 amide bonds. The average Bonchev–Trinajstić information content (AvgIpc) is 2.65. The molecular weight excluding hydrogens is 471 g/mol. The molecule has 0 aliphatic carbocycles. The molecule has 176 valence electrons. The van der Waals surface area contributed by atoms with Gasteiger partial charge >= 0.3 is 23.9 Å². The average molecular weight is 493 g/mol. The lowest BCUT2D eigenvalue weighted by Crippen LogP contribution is -2.63. The topological polar surface area (TPSA) is 124 Å². The van der Waals surface area contributed by atoms with Gasteiger partial charge in [0.15, 0.2) is 12.2 Å². The third-order valence-electron chi connectivity index (χ3n) is 4.09. The van der Waals surface area contributed by atoms with Crippen molar-refractivity contribution in [3.05, 3.63) is 28.2 Å². The minimum atomic E-state index is -1.38. The van der Waals surface area contributed by atoms with Crippen LogP contribution < -0.4 is 4.74 Å². The van der Waals surface area contributed by atoms with Crippen molar-refractivity contribution < 1.29 is 47.6 Å². The maximum absolute atomic E-state index is 11.8. The second-order valence-electron chi connectivity index (χ2n) is 6.76. The summed E-state index contributed by atoms with van der Waals surface area (Å²) in [4.78, 5) is 46.6. The van der Waals surface area contributed by atoms with Crippen molar-refractivity contribution in [2.45, 2.75) is 58.4 Å². The number of hydrogen-bond acceptors (Lipinski definition) is 10. The Labute approximate surface area is 193 Å². The van der Waals surface area contributed by atoms with E-state index in [4.69, 9.17) is 51.6 Å². The number of carbonyl (C=O) groups excluding carboxylic acids is 4. The lowest BCUT2D eigenvalue weighted by Gasteiger charge is -2.43. The van der Waals surface area contributed by atoms with Gasteiger partial charge in [-0.3, -0.25) is 19.2 Å². The van der Waals surface area contributed by atoms with Gasteiger partial charge in [0.2, 0.25) is 12.4 Å². The van der Waals surface area contributed by atoms with E-state index in [0.29, 0.717) is 5.02 Å².